The Morgan fingerprint density at radius 1 is 1.09 bits per heavy atom. The highest BCUT2D eigenvalue weighted by Gasteiger charge is 2.12. The molecule has 0 radical (unpaired) electrons. The first-order valence-corrected chi connectivity index (χ1v) is 7.25. The van der Waals surface area contributed by atoms with E-state index in [0.717, 1.165) is 11.3 Å². The van der Waals surface area contributed by atoms with Gasteiger partial charge in [-0.05, 0) is 36.8 Å². The van der Waals surface area contributed by atoms with E-state index in [1.54, 1.807) is 24.3 Å². The third-order valence-electron chi connectivity index (χ3n) is 3.12. The van der Waals surface area contributed by atoms with Gasteiger partial charge in [-0.2, -0.15) is 0 Å². The highest BCUT2D eigenvalue weighted by atomic mass is 16.5. The Labute approximate surface area is 134 Å². The summed E-state index contributed by atoms with van der Waals surface area (Å²) in [5, 5.41) is 4.86. The molecule has 0 aromatic heterocycles. The standard InChI is InChI=1S/C17H19N3O3/c1-2-23-13-9-7-12(8-10-13)11-19-17(22)20-16(21)14-5-3-4-6-15(14)18/h3-10H,2,11,18H2,1H3,(H2,19,20,21,22). The fourth-order valence-corrected chi connectivity index (χ4v) is 1.97. The summed E-state index contributed by atoms with van der Waals surface area (Å²) in [5.41, 5.74) is 7.19. The first kappa shape index (κ1) is 16.4. The molecule has 2 aromatic carbocycles. The van der Waals surface area contributed by atoms with Gasteiger partial charge in [0.05, 0.1) is 12.2 Å². The average Bonchev–Trinajstić information content (AvgIpc) is 2.55. The predicted octanol–water partition coefficient (Wildman–Crippen LogP) is 2.31. The van der Waals surface area contributed by atoms with Gasteiger partial charge in [0.15, 0.2) is 0 Å². The summed E-state index contributed by atoms with van der Waals surface area (Å²) in [5.74, 6) is 0.239. The summed E-state index contributed by atoms with van der Waals surface area (Å²) in [6, 6.07) is 13.3. The minimum Gasteiger partial charge on any atom is -0.494 e. The number of amides is 3. The number of hydrogen-bond donors (Lipinski definition) is 3. The molecule has 0 fully saturated rings. The van der Waals surface area contributed by atoms with Gasteiger partial charge in [-0.3, -0.25) is 10.1 Å². The van der Waals surface area contributed by atoms with Crippen LogP contribution in [0.15, 0.2) is 48.5 Å². The van der Waals surface area contributed by atoms with E-state index in [9.17, 15) is 9.59 Å². The second-order valence-electron chi connectivity index (χ2n) is 4.80. The van der Waals surface area contributed by atoms with E-state index in [2.05, 4.69) is 10.6 Å². The van der Waals surface area contributed by atoms with Gasteiger partial charge in [-0.25, -0.2) is 4.79 Å². The number of ether oxygens (including phenoxy) is 1. The molecule has 2 rings (SSSR count). The summed E-state index contributed by atoms with van der Waals surface area (Å²) in [6.07, 6.45) is 0. The van der Waals surface area contributed by atoms with Crippen molar-refractivity contribution in [3.8, 4) is 5.75 Å². The molecule has 6 heteroatoms. The highest BCUT2D eigenvalue weighted by molar-refractivity contribution is 6.07. The van der Waals surface area contributed by atoms with Gasteiger partial charge >= 0.3 is 6.03 Å². The van der Waals surface area contributed by atoms with Gasteiger partial charge in [0.25, 0.3) is 5.91 Å². The van der Waals surface area contributed by atoms with Crippen molar-refractivity contribution < 1.29 is 14.3 Å². The van der Waals surface area contributed by atoms with Crippen LogP contribution in [0, 0.1) is 0 Å². The van der Waals surface area contributed by atoms with Crippen molar-refractivity contribution in [1.82, 2.24) is 10.6 Å². The van der Waals surface area contributed by atoms with E-state index in [1.165, 1.54) is 0 Å². The van der Waals surface area contributed by atoms with Crippen LogP contribution in [0.5, 0.6) is 5.75 Å². The summed E-state index contributed by atoms with van der Waals surface area (Å²) >= 11 is 0. The summed E-state index contributed by atoms with van der Waals surface area (Å²) in [6.45, 7) is 2.82. The van der Waals surface area contributed by atoms with Crippen molar-refractivity contribution in [2.75, 3.05) is 12.3 Å². The molecule has 0 bridgehead atoms. The topological polar surface area (TPSA) is 93.5 Å². The largest absolute Gasteiger partial charge is 0.494 e. The molecule has 120 valence electrons. The van der Waals surface area contributed by atoms with E-state index < -0.39 is 11.9 Å². The third kappa shape index (κ3) is 4.74. The van der Waals surface area contributed by atoms with Gasteiger partial charge in [-0.1, -0.05) is 24.3 Å². The number of anilines is 1. The van der Waals surface area contributed by atoms with Crippen molar-refractivity contribution >= 4 is 17.6 Å². The Kier molecular flexibility index (Phi) is 5.57. The molecule has 0 atom stereocenters. The highest BCUT2D eigenvalue weighted by Crippen LogP contribution is 2.12. The fourth-order valence-electron chi connectivity index (χ4n) is 1.97. The van der Waals surface area contributed by atoms with E-state index in [1.807, 2.05) is 31.2 Å². The van der Waals surface area contributed by atoms with Crippen molar-refractivity contribution in [1.29, 1.82) is 0 Å². The van der Waals surface area contributed by atoms with Crippen LogP contribution in [0.1, 0.15) is 22.8 Å². The second kappa shape index (κ2) is 7.84. The molecule has 4 N–H and O–H groups in total. The van der Waals surface area contributed by atoms with Crippen molar-refractivity contribution in [2.24, 2.45) is 0 Å². The van der Waals surface area contributed by atoms with Gasteiger partial charge in [0, 0.05) is 12.2 Å². The maximum absolute atomic E-state index is 11.9. The molecule has 6 nitrogen and oxygen atoms in total. The molecule has 0 spiro atoms. The quantitative estimate of drug-likeness (QED) is 0.738. The maximum atomic E-state index is 11.9. The lowest BCUT2D eigenvalue weighted by atomic mass is 10.2. The molecule has 0 saturated heterocycles. The van der Waals surface area contributed by atoms with Gasteiger partial charge in [-0.15, -0.1) is 0 Å². The Morgan fingerprint density at radius 2 is 1.78 bits per heavy atom. The van der Waals surface area contributed by atoms with Crippen molar-refractivity contribution in [2.45, 2.75) is 13.5 Å². The Hall–Kier alpha value is -3.02. The van der Waals surface area contributed by atoms with Crippen LogP contribution >= 0.6 is 0 Å². The van der Waals surface area contributed by atoms with Crippen LogP contribution in [-0.2, 0) is 6.54 Å². The molecule has 0 aliphatic heterocycles. The minimum absolute atomic E-state index is 0.267. The number of para-hydroxylation sites is 1. The number of benzene rings is 2. The third-order valence-corrected chi connectivity index (χ3v) is 3.12. The number of rotatable bonds is 5. The SMILES string of the molecule is CCOc1ccc(CNC(=O)NC(=O)c2ccccc2N)cc1. The van der Waals surface area contributed by atoms with E-state index in [-0.39, 0.29) is 5.56 Å². The van der Waals surface area contributed by atoms with E-state index in [0.29, 0.717) is 18.8 Å². The van der Waals surface area contributed by atoms with E-state index >= 15 is 0 Å². The fraction of sp³-hybridized carbons (Fsp3) is 0.176. The zero-order valence-electron chi connectivity index (χ0n) is 12.8. The van der Waals surface area contributed by atoms with Crippen LogP contribution in [-0.4, -0.2) is 18.5 Å². The van der Waals surface area contributed by atoms with Gasteiger partial charge < -0.3 is 15.8 Å². The average molecular weight is 313 g/mol. The lowest BCUT2D eigenvalue weighted by Gasteiger charge is -2.09. The monoisotopic (exact) mass is 313 g/mol. The molecule has 0 saturated carbocycles. The summed E-state index contributed by atoms with van der Waals surface area (Å²) in [7, 11) is 0. The lowest BCUT2D eigenvalue weighted by Crippen LogP contribution is -2.39. The Balaban J connectivity index is 1.85. The first-order valence-electron chi connectivity index (χ1n) is 7.25. The van der Waals surface area contributed by atoms with E-state index in [4.69, 9.17) is 10.5 Å². The molecule has 23 heavy (non-hydrogen) atoms. The Bertz CT molecular complexity index is 684. The zero-order chi connectivity index (χ0) is 16.7. The smallest absolute Gasteiger partial charge is 0.321 e. The van der Waals surface area contributed by atoms with Crippen molar-refractivity contribution in [3.63, 3.8) is 0 Å². The number of nitrogen functional groups attached to an aromatic ring is 1. The van der Waals surface area contributed by atoms with Crippen LogP contribution in [0.3, 0.4) is 0 Å². The molecule has 2 aromatic rings. The molecule has 0 aliphatic carbocycles. The number of urea groups is 1. The summed E-state index contributed by atoms with van der Waals surface area (Å²) < 4.78 is 5.34. The zero-order valence-corrected chi connectivity index (χ0v) is 12.8. The van der Waals surface area contributed by atoms with Crippen LogP contribution < -0.4 is 21.1 Å². The molecule has 0 unspecified atom stereocenters. The maximum Gasteiger partial charge on any atom is 0.321 e. The van der Waals surface area contributed by atoms with Crippen molar-refractivity contribution in [3.05, 3.63) is 59.7 Å². The molecule has 3 amide bonds. The second-order valence-corrected chi connectivity index (χ2v) is 4.80. The predicted molar refractivity (Wildman–Crippen MR) is 88.2 cm³/mol. The van der Waals surface area contributed by atoms with Crippen LogP contribution in [0.4, 0.5) is 10.5 Å². The number of nitrogens with two attached hydrogens (primary N) is 1. The van der Waals surface area contributed by atoms with Crippen LogP contribution in [0.25, 0.3) is 0 Å². The van der Waals surface area contributed by atoms with Gasteiger partial charge in [0.1, 0.15) is 5.75 Å². The molecular formula is C17H19N3O3. The lowest BCUT2D eigenvalue weighted by molar-refractivity contribution is 0.0965. The minimum atomic E-state index is -0.577. The molecule has 0 heterocycles. The Morgan fingerprint density at radius 3 is 2.43 bits per heavy atom. The first-order chi connectivity index (χ1) is 11.1. The normalized spacial score (nSPS) is 9.96. The molecular weight excluding hydrogens is 294 g/mol. The van der Waals surface area contributed by atoms with Gasteiger partial charge in [0.2, 0.25) is 0 Å². The number of carbonyl (C=O) groups excluding carboxylic acids is 2. The number of imide groups is 1. The van der Waals surface area contributed by atoms with Crippen LogP contribution in [0.2, 0.25) is 0 Å². The number of hydrogen-bond acceptors (Lipinski definition) is 4. The summed E-state index contributed by atoms with van der Waals surface area (Å²) in [4.78, 5) is 23.7. The number of nitrogens with one attached hydrogen (secondary N) is 2. The molecule has 0 aliphatic rings. The number of carbonyl (C=O) groups is 2.